The van der Waals surface area contributed by atoms with Crippen molar-refractivity contribution in [1.82, 2.24) is 4.90 Å². The Kier molecular flexibility index (Phi) is 12.5. The molecule has 0 unspecified atom stereocenters. The summed E-state index contributed by atoms with van der Waals surface area (Å²) in [6, 6.07) is 4.82. The van der Waals surface area contributed by atoms with Crippen LogP contribution in [-0.4, -0.2) is 95.2 Å². The number of benzene rings is 1. The quantitative estimate of drug-likeness (QED) is 0.129. The molecule has 1 aromatic carbocycles. The van der Waals surface area contributed by atoms with Gasteiger partial charge in [0.2, 0.25) is 0 Å². The molecule has 2 saturated carbocycles. The van der Waals surface area contributed by atoms with Crippen molar-refractivity contribution in [2.75, 3.05) is 20.1 Å². The number of hydrogen-bond acceptors (Lipinski definition) is 3. The van der Waals surface area contributed by atoms with Crippen LogP contribution in [0, 0.1) is 23.2 Å². The monoisotopic (exact) mass is 849 g/mol. The lowest BCUT2D eigenvalue weighted by atomic mass is 9.51. The predicted octanol–water partition coefficient (Wildman–Crippen LogP) is 11.1. The molecule has 0 bridgehead atoms. The van der Waals surface area contributed by atoms with Gasteiger partial charge >= 0.3 is 47.6 Å². The second-order valence-electron chi connectivity index (χ2n) is 15.8. The van der Waals surface area contributed by atoms with E-state index in [4.69, 9.17) is 0 Å². The number of nitrogens with zero attached hydrogens (tertiary/aromatic N) is 1. The van der Waals surface area contributed by atoms with Gasteiger partial charge in [0, 0.05) is 12.3 Å². The molecule has 7 atom stereocenters. The maximum absolute atomic E-state index is 15.9. The lowest BCUT2D eigenvalue weighted by Gasteiger charge is -2.54. The molecule has 0 aromatic heterocycles. The van der Waals surface area contributed by atoms with E-state index in [0.717, 1.165) is 11.1 Å². The highest BCUT2D eigenvalue weighted by atomic mass is 19.4. The normalized spacial score (nSPS) is 28.3. The van der Waals surface area contributed by atoms with E-state index in [1.54, 1.807) is 12.1 Å². The highest BCUT2D eigenvalue weighted by Crippen LogP contribution is 2.65. The highest BCUT2D eigenvalue weighted by Gasteiger charge is 2.95. The average Bonchev–Trinajstić information content (AvgIpc) is 3.35. The van der Waals surface area contributed by atoms with Crippen molar-refractivity contribution in [3.05, 3.63) is 29.3 Å². The Hall–Kier alpha value is -2.32. The maximum Gasteiger partial charge on any atom is 0.460 e. The third kappa shape index (κ3) is 7.32. The molecule has 2 N–H and O–H groups in total. The Labute approximate surface area is 309 Å². The third-order valence-electron chi connectivity index (χ3n) is 12.2. The number of aliphatic hydroxyl groups is 1. The second-order valence-corrected chi connectivity index (χ2v) is 15.8. The maximum atomic E-state index is 15.9. The van der Waals surface area contributed by atoms with Gasteiger partial charge < -0.3 is 15.1 Å². The molecular formula is C35H41F18NO2. The number of phenols is 1. The molecule has 0 amide bonds. The Morgan fingerprint density at radius 2 is 1.25 bits per heavy atom. The summed E-state index contributed by atoms with van der Waals surface area (Å²) < 4.78 is 246. The fourth-order valence-electron chi connectivity index (χ4n) is 9.03. The number of aromatic hydroxyl groups is 1. The number of aliphatic hydroxyl groups excluding tert-OH is 1. The smallest absolute Gasteiger partial charge is 0.460 e. The molecule has 324 valence electrons. The Morgan fingerprint density at radius 1 is 0.714 bits per heavy atom. The first-order valence-electron chi connectivity index (χ1n) is 17.8. The molecule has 0 spiro atoms. The van der Waals surface area contributed by atoms with Gasteiger partial charge in [-0.15, -0.1) is 0 Å². The van der Waals surface area contributed by atoms with Crippen LogP contribution in [0.25, 0.3) is 0 Å². The van der Waals surface area contributed by atoms with E-state index in [2.05, 4.69) is 0 Å². The molecule has 0 heterocycles. The van der Waals surface area contributed by atoms with Crippen LogP contribution in [0.1, 0.15) is 81.8 Å². The number of phenolic OH excluding ortho intramolecular Hbond substituents is 1. The molecular weight excluding hydrogens is 808 g/mol. The van der Waals surface area contributed by atoms with E-state index in [0.29, 0.717) is 44.9 Å². The summed E-state index contributed by atoms with van der Waals surface area (Å²) in [6.07, 6.45) is -9.46. The van der Waals surface area contributed by atoms with Gasteiger partial charge in [0.15, 0.2) is 0 Å². The van der Waals surface area contributed by atoms with Crippen LogP contribution in [-0.2, 0) is 6.42 Å². The fraction of sp³-hybridized carbons (Fsp3) is 0.829. The first-order chi connectivity index (χ1) is 25.2. The van der Waals surface area contributed by atoms with Crippen LogP contribution in [0.3, 0.4) is 0 Å². The Balaban J connectivity index is 1.33. The van der Waals surface area contributed by atoms with Gasteiger partial charge in [0.25, 0.3) is 0 Å². The molecule has 3 aliphatic rings. The minimum absolute atomic E-state index is 0.0165. The number of fused-ring (bicyclic) bond motifs is 5. The van der Waals surface area contributed by atoms with Crippen molar-refractivity contribution in [3.63, 3.8) is 0 Å². The molecule has 0 aliphatic heterocycles. The molecule has 3 aliphatic carbocycles. The van der Waals surface area contributed by atoms with Crippen LogP contribution < -0.4 is 0 Å². The first-order valence-corrected chi connectivity index (χ1v) is 17.8. The predicted molar refractivity (Wildman–Crippen MR) is 164 cm³/mol. The molecule has 2 fully saturated rings. The number of rotatable bonds is 16. The summed E-state index contributed by atoms with van der Waals surface area (Å²) in [5.41, 5.74) is 0.994. The summed E-state index contributed by atoms with van der Waals surface area (Å²) in [5.74, 6) is -56.8. The van der Waals surface area contributed by atoms with Crippen molar-refractivity contribution >= 4 is 0 Å². The van der Waals surface area contributed by atoms with E-state index in [1.807, 2.05) is 6.92 Å². The highest BCUT2D eigenvalue weighted by molar-refractivity contribution is 5.41. The molecule has 0 radical (unpaired) electrons. The second kappa shape index (κ2) is 15.1. The summed E-state index contributed by atoms with van der Waals surface area (Å²) >= 11 is 0. The zero-order chi connectivity index (χ0) is 42.9. The van der Waals surface area contributed by atoms with Crippen molar-refractivity contribution in [2.45, 2.75) is 137 Å². The first kappa shape index (κ1) is 46.4. The van der Waals surface area contributed by atoms with Crippen molar-refractivity contribution < 1.29 is 89.2 Å². The van der Waals surface area contributed by atoms with Gasteiger partial charge in [-0.2, -0.15) is 74.6 Å². The zero-order valence-electron chi connectivity index (χ0n) is 29.8. The lowest BCUT2D eigenvalue weighted by molar-refractivity contribution is -0.461. The topological polar surface area (TPSA) is 43.7 Å². The van der Waals surface area contributed by atoms with Crippen molar-refractivity contribution in [3.8, 4) is 5.75 Å². The molecule has 1 aromatic rings. The van der Waals surface area contributed by atoms with Crippen LogP contribution in [0.5, 0.6) is 5.75 Å². The number of unbranched alkanes of at least 4 members (excludes halogenated alkanes) is 2. The van der Waals surface area contributed by atoms with Gasteiger partial charge in [0.05, 0.1) is 6.10 Å². The van der Waals surface area contributed by atoms with E-state index in [9.17, 15) is 84.9 Å². The summed E-state index contributed by atoms with van der Waals surface area (Å²) in [7, 11) is 1.26. The van der Waals surface area contributed by atoms with Crippen molar-refractivity contribution in [2.24, 2.45) is 23.2 Å². The summed E-state index contributed by atoms with van der Waals surface area (Å²) in [6.45, 7) is 1.34. The third-order valence-corrected chi connectivity index (χ3v) is 12.2. The Bertz CT molecular complexity index is 1530. The molecule has 3 nitrogen and oxygen atoms in total. The summed E-state index contributed by atoms with van der Waals surface area (Å²) in [4.78, 5) is 1.23. The van der Waals surface area contributed by atoms with Crippen LogP contribution in [0.2, 0.25) is 0 Å². The largest absolute Gasteiger partial charge is 0.508 e. The average molecular weight is 850 g/mol. The SMILES string of the molecule is CN(CCCCC[C@@H]1Cc2cc(O)ccc2[C@@H]2[C@@H]1[C@@H]1CC[C@H](O)[C@@]1(C)C[C@@H]2F)CCCC(F)(F)C(F)(F)C(F)(F)C(F)(F)C(F)(F)C(F)(F)C(F)(F)C(F)(F)F. The van der Waals surface area contributed by atoms with E-state index in [1.165, 1.54) is 18.0 Å². The van der Waals surface area contributed by atoms with Gasteiger partial charge in [-0.3, -0.25) is 0 Å². The van der Waals surface area contributed by atoms with Crippen LogP contribution >= 0.6 is 0 Å². The van der Waals surface area contributed by atoms with Crippen molar-refractivity contribution in [1.29, 1.82) is 0 Å². The van der Waals surface area contributed by atoms with Crippen LogP contribution in [0.4, 0.5) is 79.0 Å². The number of halogens is 18. The van der Waals surface area contributed by atoms with Gasteiger partial charge in [0.1, 0.15) is 11.9 Å². The zero-order valence-corrected chi connectivity index (χ0v) is 29.8. The minimum atomic E-state index is -8.64. The molecule has 4 rings (SSSR count). The lowest BCUT2D eigenvalue weighted by Crippen LogP contribution is -2.74. The fourth-order valence-corrected chi connectivity index (χ4v) is 9.03. The van der Waals surface area contributed by atoms with Gasteiger partial charge in [-0.1, -0.05) is 25.8 Å². The van der Waals surface area contributed by atoms with Gasteiger partial charge in [-0.05, 0) is 112 Å². The van der Waals surface area contributed by atoms with E-state index < -0.39 is 90.6 Å². The van der Waals surface area contributed by atoms with Crippen LogP contribution in [0.15, 0.2) is 18.2 Å². The van der Waals surface area contributed by atoms with E-state index in [-0.39, 0.29) is 36.5 Å². The Morgan fingerprint density at radius 3 is 1.82 bits per heavy atom. The summed E-state index contributed by atoms with van der Waals surface area (Å²) in [5, 5.41) is 20.9. The van der Waals surface area contributed by atoms with E-state index >= 15 is 4.39 Å². The standard InChI is InChI=1S/C35H41F18NO2/c1-27-17-23(36)26-21-9-8-20(55)16-19(21)15-18(25(26)22(27)10-11-24(27)56)7-4-3-5-13-54(2)14-6-12-28(37,38)29(39,40)30(41,42)31(43,44)32(45,46)33(47,48)34(49,50)35(51,52)53/h8-9,16,18,22-26,55-56H,3-7,10-15,17H2,1-2H3/t18-,22+,23+,24+,25+,26+,27+/m1/s1. The number of hydrogen-bond donors (Lipinski definition) is 2. The minimum Gasteiger partial charge on any atom is -0.508 e. The molecule has 21 heteroatoms. The van der Waals surface area contributed by atoms with Gasteiger partial charge in [-0.25, -0.2) is 4.39 Å². The molecule has 56 heavy (non-hydrogen) atoms. The molecule has 0 saturated heterocycles. The number of alkyl halides is 18.